The number of para-hydroxylation sites is 2. The highest BCUT2D eigenvalue weighted by Crippen LogP contribution is 2.19. The number of nitrogens with one attached hydrogen (secondary N) is 4. The predicted octanol–water partition coefficient (Wildman–Crippen LogP) is 4.01. The highest BCUT2D eigenvalue weighted by molar-refractivity contribution is 8.76. The maximum Gasteiger partial charge on any atom is 0.319 e. The Kier molecular flexibility index (Phi) is 9.31. The average molecular weight is 391 g/mol. The number of hydrogen-bond acceptors (Lipinski definition) is 4. The van der Waals surface area contributed by atoms with E-state index < -0.39 is 0 Å². The van der Waals surface area contributed by atoms with E-state index in [9.17, 15) is 9.59 Å². The predicted molar refractivity (Wildman–Crippen MR) is 112 cm³/mol. The zero-order valence-corrected chi connectivity index (χ0v) is 15.9. The van der Waals surface area contributed by atoms with Gasteiger partial charge in [0.2, 0.25) is 0 Å². The second kappa shape index (κ2) is 12.1. The highest BCUT2D eigenvalue weighted by atomic mass is 33.1. The van der Waals surface area contributed by atoms with Crippen LogP contribution in [0.4, 0.5) is 21.0 Å². The van der Waals surface area contributed by atoms with Gasteiger partial charge < -0.3 is 21.3 Å². The molecule has 0 saturated carbocycles. The van der Waals surface area contributed by atoms with Crippen LogP contribution in [0, 0.1) is 0 Å². The molecule has 2 aromatic rings. The van der Waals surface area contributed by atoms with Crippen LogP contribution in [-0.2, 0) is 0 Å². The first-order chi connectivity index (χ1) is 12.7. The molecular weight excluding hydrogens is 368 g/mol. The van der Waals surface area contributed by atoms with Crippen LogP contribution in [0.5, 0.6) is 0 Å². The zero-order chi connectivity index (χ0) is 18.5. The molecule has 2 rings (SSSR count). The van der Waals surface area contributed by atoms with Crippen LogP contribution in [0.15, 0.2) is 60.7 Å². The lowest BCUT2D eigenvalue weighted by Gasteiger charge is -2.08. The minimum atomic E-state index is -0.207. The Morgan fingerprint density at radius 3 is 1.42 bits per heavy atom. The van der Waals surface area contributed by atoms with Gasteiger partial charge in [-0.15, -0.1) is 0 Å². The number of benzene rings is 2. The maximum absolute atomic E-state index is 11.7. The Balaban J connectivity index is 1.43. The van der Waals surface area contributed by atoms with Crippen LogP contribution >= 0.6 is 21.6 Å². The zero-order valence-electron chi connectivity index (χ0n) is 14.2. The number of anilines is 2. The molecule has 0 saturated heterocycles. The number of carbonyl (C=O) groups excluding carboxylic acids is 2. The van der Waals surface area contributed by atoms with Crippen molar-refractivity contribution >= 4 is 45.0 Å². The van der Waals surface area contributed by atoms with Crippen molar-refractivity contribution in [2.75, 3.05) is 35.2 Å². The number of hydrogen-bond donors (Lipinski definition) is 4. The molecule has 0 radical (unpaired) electrons. The summed E-state index contributed by atoms with van der Waals surface area (Å²) in [7, 11) is 3.32. The van der Waals surface area contributed by atoms with Crippen molar-refractivity contribution in [3.63, 3.8) is 0 Å². The smallest absolute Gasteiger partial charge is 0.319 e. The lowest BCUT2D eigenvalue weighted by atomic mass is 10.3. The minimum absolute atomic E-state index is 0.207. The first-order valence-electron chi connectivity index (χ1n) is 8.18. The second-order valence-electron chi connectivity index (χ2n) is 5.14. The van der Waals surface area contributed by atoms with E-state index in [4.69, 9.17) is 0 Å². The molecule has 6 nitrogen and oxygen atoms in total. The molecule has 0 aromatic heterocycles. The minimum Gasteiger partial charge on any atom is -0.337 e. The largest absolute Gasteiger partial charge is 0.337 e. The molecule has 0 aliphatic rings. The topological polar surface area (TPSA) is 82.3 Å². The van der Waals surface area contributed by atoms with E-state index in [1.807, 2.05) is 60.7 Å². The summed E-state index contributed by atoms with van der Waals surface area (Å²) in [5.74, 6) is 1.59. The fraction of sp³-hybridized carbons (Fsp3) is 0.222. The van der Waals surface area contributed by atoms with E-state index in [1.165, 1.54) is 0 Å². The van der Waals surface area contributed by atoms with E-state index in [0.29, 0.717) is 13.1 Å². The maximum atomic E-state index is 11.7. The fourth-order valence-corrected chi connectivity index (χ4v) is 3.74. The third-order valence-corrected chi connectivity index (χ3v) is 5.50. The van der Waals surface area contributed by atoms with Gasteiger partial charge in [0.15, 0.2) is 0 Å². The summed E-state index contributed by atoms with van der Waals surface area (Å²) in [6.07, 6.45) is 0. The highest BCUT2D eigenvalue weighted by Gasteiger charge is 2.01. The molecule has 26 heavy (non-hydrogen) atoms. The summed E-state index contributed by atoms with van der Waals surface area (Å²) in [5.41, 5.74) is 1.54. The van der Waals surface area contributed by atoms with Gasteiger partial charge >= 0.3 is 12.1 Å². The molecule has 0 aliphatic carbocycles. The van der Waals surface area contributed by atoms with E-state index in [-0.39, 0.29) is 12.1 Å². The SMILES string of the molecule is O=C(NCCSSCCNC(=O)Nc1ccccc1)Nc1ccccc1. The first-order valence-corrected chi connectivity index (χ1v) is 10.7. The number of urea groups is 2. The van der Waals surface area contributed by atoms with Crippen LogP contribution in [-0.4, -0.2) is 36.7 Å². The van der Waals surface area contributed by atoms with Gasteiger partial charge in [-0.25, -0.2) is 9.59 Å². The van der Waals surface area contributed by atoms with Gasteiger partial charge in [0.25, 0.3) is 0 Å². The van der Waals surface area contributed by atoms with Gasteiger partial charge in [-0.05, 0) is 24.3 Å². The molecule has 4 amide bonds. The van der Waals surface area contributed by atoms with Crippen molar-refractivity contribution in [1.82, 2.24) is 10.6 Å². The molecule has 0 fully saturated rings. The van der Waals surface area contributed by atoms with Crippen molar-refractivity contribution in [3.8, 4) is 0 Å². The molecular formula is C18H22N4O2S2. The van der Waals surface area contributed by atoms with Crippen LogP contribution in [0.3, 0.4) is 0 Å². The van der Waals surface area contributed by atoms with E-state index in [1.54, 1.807) is 21.6 Å². The van der Waals surface area contributed by atoms with E-state index in [2.05, 4.69) is 21.3 Å². The quantitative estimate of drug-likeness (QED) is 0.385. The molecule has 0 heterocycles. The summed E-state index contributed by atoms with van der Waals surface area (Å²) in [5, 5.41) is 11.1. The van der Waals surface area contributed by atoms with Gasteiger partial charge in [0.1, 0.15) is 0 Å². The van der Waals surface area contributed by atoms with Crippen molar-refractivity contribution in [1.29, 1.82) is 0 Å². The Labute approximate surface area is 161 Å². The van der Waals surface area contributed by atoms with Crippen LogP contribution < -0.4 is 21.3 Å². The Hall–Kier alpha value is -2.32. The first kappa shape index (κ1) is 20.0. The van der Waals surface area contributed by atoms with Crippen molar-refractivity contribution in [2.45, 2.75) is 0 Å². The van der Waals surface area contributed by atoms with Crippen molar-refractivity contribution in [2.24, 2.45) is 0 Å². The Bertz CT molecular complexity index is 612. The lowest BCUT2D eigenvalue weighted by molar-refractivity contribution is 0.252. The average Bonchev–Trinajstić information content (AvgIpc) is 2.65. The lowest BCUT2D eigenvalue weighted by Crippen LogP contribution is -2.30. The summed E-state index contributed by atoms with van der Waals surface area (Å²) in [6, 6.07) is 18.2. The van der Waals surface area contributed by atoms with Crippen LogP contribution in [0.25, 0.3) is 0 Å². The van der Waals surface area contributed by atoms with Gasteiger partial charge in [0, 0.05) is 36.0 Å². The standard InChI is InChI=1S/C18H22N4O2S2/c23-17(21-15-7-3-1-4-8-15)19-11-13-25-26-14-12-20-18(24)22-16-9-5-2-6-10-16/h1-10H,11-14H2,(H2,19,21,23)(H2,20,22,24). The summed E-state index contributed by atoms with van der Waals surface area (Å²) >= 11 is 0. The number of rotatable bonds is 9. The molecule has 0 atom stereocenters. The number of amides is 4. The molecule has 0 bridgehead atoms. The van der Waals surface area contributed by atoms with Crippen LogP contribution in [0.1, 0.15) is 0 Å². The van der Waals surface area contributed by atoms with E-state index >= 15 is 0 Å². The number of carbonyl (C=O) groups is 2. The normalized spacial score (nSPS) is 10.0. The van der Waals surface area contributed by atoms with Crippen molar-refractivity contribution < 1.29 is 9.59 Å². The third-order valence-electron chi connectivity index (χ3n) is 3.09. The van der Waals surface area contributed by atoms with Gasteiger partial charge in [-0.3, -0.25) is 0 Å². The summed E-state index contributed by atoms with van der Waals surface area (Å²) in [4.78, 5) is 23.4. The molecule has 138 valence electrons. The van der Waals surface area contributed by atoms with Crippen molar-refractivity contribution in [3.05, 3.63) is 60.7 Å². The summed E-state index contributed by atoms with van der Waals surface area (Å²) < 4.78 is 0. The van der Waals surface area contributed by atoms with Crippen LogP contribution in [0.2, 0.25) is 0 Å². The molecule has 0 spiro atoms. The van der Waals surface area contributed by atoms with Gasteiger partial charge in [0.05, 0.1) is 0 Å². The molecule has 8 heteroatoms. The second-order valence-corrected chi connectivity index (χ2v) is 7.84. The van der Waals surface area contributed by atoms with E-state index in [0.717, 1.165) is 22.9 Å². The Morgan fingerprint density at radius 2 is 1.04 bits per heavy atom. The van der Waals surface area contributed by atoms with Gasteiger partial charge in [-0.2, -0.15) is 0 Å². The van der Waals surface area contributed by atoms with Gasteiger partial charge in [-0.1, -0.05) is 58.0 Å². The summed E-state index contributed by atoms with van der Waals surface area (Å²) in [6.45, 7) is 1.16. The monoisotopic (exact) mass is 390 g/mol. The fourth-order valence-electron chi connectivity index (χ4n) is 1.92. The molecule has 0 aliphatic heterocycles. The third kappa shape index (κ3) is 8.68. The molecule has 0 unspecified atom stereocenters. The molecule has 4 N–H and O–H groups in total. The molecule has 2 aromatic carbocycles. The Morgan fingerprint density at radius 1 is 0.654 bits per heavy atom.